The van der Waals surface area contributed by atoms with Crippen LogP contribution in [0.5, 0.6) is 0 Å². The van der Waals surface area contributed by atoms with Gasteiger partial charge in [-0.15, -0.1) is 0 Å². The van der Waals surface area contributed by atoms with Crippen molar-refractivity contribution in [3.8, 4) is 0 Å². The molecule has 78 valence electrons. The van der Waals surface area contributed by atoms with Gasteiger partial charge in [-0.1, -0.05) is 6.07 Å². The molecule has 15 heavy (non-hydrogen) atoms. The fourth-order valence-corrected chi connectivity index (χ4v) is 1.20. The van der Waals surface area contributed by atoms with E-state index in [0.717, 1.165) is 0 Å². The molecule has 0 aliphatic heterocycles. The van der Waals surface area contributed by atoms with Crippen molar-refractivity contribution in [2.45, 2.75) is 0 Å². The molecule has 0 saturated heterocycles. The molecule has 0 atom stereocenters. The first kappa shape index (κ1) is 9.32. The number of benzene rings is 1. The molecule has 0 spiro atoms. The number of oxazole rings is 1. The van der Waals surface area contributed by atoms with E-state index in [-0.39, 0.29) is 12.6 Å². The number of fused-ring (bicyclic) bond motifs is 1. The number of nitrogens with one attached hydrogen (secondary N) is 1. The zero-order valence-electron chi connectivity index (χ0n) is 7.73. The highest BCUT2D eigenvalue weighted by molar-refractivity contribution is 5.86. The number of hydrogen-bond acceptors (Lipinski definition) is 5. The number of aromatic nitrogens is 1. The standard InChI is InChI=1S/C9H9N3O3/c10-5-2-1-3-6-8(5)12-9(15-6)11-4-7(13)14/h1-3H,4,10H2,(H,11,12)(H,13,14). The molecule has 1 aromatic carbocycles. The number of hydrogen-bond donors (Lipinski definition) is 3. The molecule has 2 rings (SSSR count). The summed E-state index contributed by atoms with van der Waals surface area (Å²) in [7, 11) is 0. The number of nitrogens with two attached hydrogens (primary N) is 1. The fourth-order valence-electron chi connectivity index (χ4n) is 1.20. The van der Waals surface area contributed by atoms with E-state index in [1.54, 1.807) is 18.2 Å². The quantitative estimate of drug-likeness (QED) is 0.646. The van der Waals surface area contributed by atoms with Crippen LogP contribution in [0.3, 0.4) is 0 Å². The third-order valence-corrected chi connectivity index (χ3v) is 1.84. The second kappa shape index (κ2) is 3.49. The summed E-state index contributed by atoms with van der Waals surface area (Å²) >= 11 is 0. The SMILES string of the molecule is Nc1cccc2oc(NCC(=O)O)nc12. The summed E-state index contributed by atoms with van der Waals surface area (Å²) in [5.74, 6) is -0.981. The average Bonchev–Trinajstić information content (AvgIpc) is 2.59. The van der Waals surface area contributed by atoms with Gasteiger partial charge in [-0.3, -0.25) is 4.79 Å². The minimum absolute atomic E-state index is 0.158. The van der Waals surface area contributed by atoms with Gasteiger partial charge in [0.05, 0.1) is 5.69 Å². The maximum absolute atomic E-state index is 10.3. The maximum atomic E-state index is 10.3. The number of para-hydroxylation sites is 1. The van der Waals surface area contributed by atoms with Gasteiger partial charge in [-0.05, 0) is 12.1 Å². The van der Waals surface area contributed by atoms with Gasteiger partial charge in [0, 0.05) is 0 Å². The molecule has 1 aromatic heterocycles. The van der Waals surface area contributed by atoms with Gasteiger partial charge in [0.15, 0.2) is 5.58 Å². The van der Waals surface area contributed by atoms with Crippen LogP contribution in [0, 0.1) is 0 Å². The smallest absolute Gasteiger partial charge is 0.323 e. The number of carboxylic acids is 1. The molecule has 0 unspecified atom stereocenters. The van der Waals surface area contributed by atoms with Crippen molar-refractivity contribution in [2.24, 2.45) is 0 Å². The summed E-state index contributed by atoms with van der Waals surface area (Å²) in [4.78, 5) is 14.3. The van der Waals surface area contributed by atoms with E-state index < -0.39 is 5.97 Å². The highest BCUT2D eigenvalue weighted by Crippen LogP contribution is 2.23. The lowest BCUT2D eigenvalue weighted by Crippen LogP contribution is -2.12. The number of nitrogen functional groups attached to an aromatic ring is 1. The van der Waals surface area contributed by atoms with Gasteiger partial charge in [0.2, 0.25) is 0 Å². The van der Waals surface area contributed by atoms with E-state index >= 15 is 0 Å². The molecule has 2 aromatic rings. The highest BCUT2D eigenvalue weighted by Gasteiger charge is 2.08. The van der Waals surface area contributed by atoms with Gasteiger partial charge >= 0.3 is 5.97 Å². The van der Waals surface area contributed by atoms with Crippen LogP contribution in [0.1, 0.15) is 0 Å². The monoisotopic (exact) mass is 207 g/mol. The van der Waals surface area contributed by atoms with Crippen LogP contribution in [-0.2, 0) is 4.79 Å². The minimum Gasteiger partial charge on any atom is -0.480 e. The second-order valence-electron chi connectivity index (χ2n) is 2.96. The molecule has 0 bridgehead atoms. The molecule has 6 nitrogen and oxygen atoms in total. The van der Waals surface area contributed by atoms with Crippen molar-refractivity contribution >= 4 is 28.8 Å². The first-order valence-corrected chi connectivity index (χ1v) is 4.27. The Labute approximate surface area is 84.7 Å². The number of rotatable bonds is 3. The Balaban J connectivity index is 2.31. The summed E-state index contributed by atoms with van der Waals surface area (Å²) in [5, 5.41) is 11.0. The zero-order valence-corrected chi connectivity index (χ0v) is 7.73. The molecular formula is C9H9N3O3. The van der Waals surface area contributed by atoms with Crippen molar-refractivity contribution in [2.75, 3.05) is 17.6 Å². The first-order valence-electron chi connectivity index (χ1n) is 4.27. The lowest BCUT2D eigenvalue weighted by Gasteiger charge is -1.93. The third-order valence-electron chi connectivity index (χ3n) is 1.84. The molecule has 0 aliphatic carbocycles. The summed E-state index contributed by atoms with van der Waals surface area (Å²) in [6, 6.07) is 5.31. The predicted molar refractivity (Wildman–Crippen MR) is 54.5 cm³/mol. The summed E-state index contributed by atoms with van der Waals surface area (Å²) in [6.45, 7) is -0.243. The minimum atomic E-state index is -0.981. The molecular weight excluding hydrogens is 198 g/mol. The second-order valence-corrected chi connectivity index (χ2v) is 2.96. The number of aliphatic carboxylic acids is 1. The number of carboxylic acid groups (broad SMARTS) is 1. The molecule has 0 saturated carbocycles. The summed E-state index contributed by atoms with van der Waals surface area (Å²) < 4.78 is 5.23. The highest BCUT2D eigenvalue weighted by atomic mass is 16.4. The first-order chi connectivity index (χ1) is 7.16. The number of nitrogens with zero attached hydrogens (tertiary/aromatic N) is 1. The van der Waals surface area contributed by atoms with Gasteiger partial charge < -0.3 is 20.6 Å². The van der Waals surface area contributed by atoms with Gasteiger partial charge in [0.1, 0.15) is 12.1 Å². The summed E-state index contributed by atoms with van der Waals surface area (Å²) in [5.41, 5.74) is 7.22. The lowest BCUT2D eigenvalue weighted by atomic mass is 10.3. The van der Waals surface area contributed by atoms with Crippen LogP contribution >= 0.6 is 0 Å². The van der Waals surface area contributed by atoms with Crippen LogP contribution < -0.4 is 11.1 Å². The zero-order chi connectivity index (χ0) is 10.8. The number of anilines is 2. The van der Waals surface area contributed by atoms with Crippen LogP contribution in [-0.4, -0.2) is 22.6 Å². The van der Waals surface area contributed by atoms with E-state index in [2.05, 4.69) is 10.3 Å². The molecule has 4 N–H and O–H groups in total. The van der Waals surface area contributed by atoms with E-state index in [4.69, 9.17) is 15.3 Å². The van der Waals surface area contributed by atoms with Gasteiger partial charge in [-0.2, -0.15) is 4.98 Å². The van der Waals surface area contributed by atoms with Crippen molar-refractivity contribution in [3.63, 3.8) is 0 Å². The largest absolute Gasteiger partial charge is 0.480 e. The average molecular weight is 207 g/mol. The third kappa shape index (κ3) is 1.83. The number of carbonyl (C=O) groups is 1. The molecule has 0 radical (unpaired) electrons. The topological polar surface area (TPSA) is 101 Å². The fraction of sp³-hybridized carbons (Fsp3) is 0.111. The Bertz CT molecular complexity index is 506. The Hall–Kier alpha value is -2.24. The van der Waals surface area contributed by atoms with Crippen LogP contribution in [0.25, 0.3) is 11.1 Å². The van der Waals surface area contributed by atoms with E-state index in [1.165, 1.54) is 0 Å². The molecule has 0 amide bonds. The lowest BCUT2D eigenvalue weighted by molar-refractivity contribution is -0.134. The van der Waals surface area contributed by atoms with Gasteiger partial charge in [0.25, 0.3) is 6.01 Å². The Morgan fingerprint density at radius 3 is 3.07 bits per heavy atom. The van der Waals surface area contributed by atoms with Crippen LogP contribution in [0.4, 0.5) is 11.7 Å². The molecule has 0 aliphatic rings. The summed E-state index contributed by atoms with van der Waals surface area (Å²) in [6.07, 6.45) is 0. The Morgan fingerprint density at radius 1 is 1.60 bits per heavy atom. The van der Waals surface area contributed by atoms with Crippen molar-refractivity contribution in [1.82, 2.24) is 4.98 Å². The Morgan fingerprint density at radius 2 is 2.40 bits per heavy atom. The van der Waals surface area contributed by atoms with E-state index in [9.17, 15) is 4.79 Å². The predicted octanol–water partition coefficient (Wildman–Crippen LogP) is 0.907. The maximum Gasteiger partial charge on any atom is 0.323 e. The molecule has 0 fully saturated rings. The van der Waals surface area contributed by atoms with E-state index in [1.807, 2.05) is 0 Å². The Kier molecular flexibility index (Phi) is 2.17. The van der Waals surface area contributed by atoms with Gasteiger partial charge in [-0.25, -0.2) is 0 Å². The van der Waals surface area contributed by atoms with E-state index in [0.29, 0.717) is 16.8 Å². The van der Waals surface area contributed by atoms with Crippen molar-refractivity contribution < 1.29 is 14.3 Å². The van der Waals surface area contributed by atoms with Crippen LogP contribution in [0.15, 0.2) is 22.6 Å². The van der Waals surface area contributed by atoms with Crippen molar-refractivity contribution in [3.05, 3.63) is 18.2 Å². The van der Waals surface area contributed by atoms with Crippen molar-refractivity contribution in [1.29, 1.82) is 0 Å². The molecule has 6 heteroatoms. The normalized spacial score (nSPS) is 10.4. The van der Waals surface area contributed by atoms with Crippen LogP contribution in [0.2, 0.25) is 0 Å². The molecule has 1 heterocycles.